The lowest BCUT2D eigenvalue weighted by molar-refractivity contribution is -0.123. The molecule has 0 bridgehead atoms. The van der Waals surface area contributed by atoms with Gasteiger partial charge in [0.05, 0.1) is 13.4 Å². The lowest BCUT2D eigenvalue weighted by atomic mass is 10.2. The predicted molar refractivity (Wildman–Crippen MR) is 103 cm³/mol. The highest BCUT2D eigenvalue weighted by molar-refractivity contribution is 7.88. The van der Waals surface area contributed by atoms with E-state index >= 15 is 0 Å². The van der Waals surface area contributed by atoms with Crippen LogP contribution in [0.2, 0.25) is 0 Å². The van der Waals surface area contributed by atoms with E-state index < -0.39 is 10.0 Å². The smallest absolute Gasteiger partial charge is 0.258 e. The number of carbonyl (C=O) groups is 1. The van der Waals surface area contributed by atoms with Crippen LogP contribution in [0.5, 0.6) is 11.5 Å². The van der Waals surface area contributed by atoms with Crippen molar-refractivity contribution in [2.24, 2.45) is 0 Å². The number of hydrogen-bond donors (Lipinski definition) is 1. The van der Waals surface area contributed by atoms with E-state index in [0.717, 1.165) is 23.1 Å². The van der Waals surface area contributed by atoms with E-state index in [1.807, 2.05) is 24.3 Å². The summed E-state index contributed by atoms with van der Waals surface area (Å²) in [6.07, 6.45) is 1.16. The monoisotopic (exact) mass is 392 g/mol. The molecule has 2 aromatic carbocycles. The number of methoxy groups -OCH3 is 1. The van der Waals surface area contributed by atoms with Crippen molar-refractivity contribution in [1.29, 1.82) is 0 Å². The zero-order chi connectivity index (χ0) is 19.9. The average molecular weight is 392 g/mol. The van der Waals surface area contributed by atoms with Crippen molar-refractivity contribution in [3.8, 4) is 11.5 Å². The molecule has 0 atom stereocenters. The Balaban J connectivity index is 1.77. The first-order valence-corrected chi connectivity index (χ1v) is 10.2. The van der Waals surface area contributed by atoms with Gasteiger partial charge in [0.1, 0.15) is 11.5 Å². The van der Waals surface area contributed by atoms with Crippen molar-refractivity contribution in [2.75, 3.05) is 27.0 Å². The summed E-state index contributed by atoms with van der Waals surface area (Å²) in [5.41, 5.74) is 1.79. The summed E-state index contributed by atoms with van der Waals surface area (Å²) in [6, 6.07) is 14.4. The minimum absolute atomic E-state index is 0.0985. The molecule has 7 nitrogen and oxygen atoms in total. The molecule has 0 fully saturated rings. The molecule has 1 N–H and O–H groups in total. The molecule has 0 spiro atoms. The standard InChI is InChI=1S/C19H24N2O5S/c1-21(27(3,23)24)13-16-6-10-18(11-7-16)26-14-19(22)20-12-15-4-8-17(25-2)9-5-15/h4-11H,12-14H2,1-3H3,(H,20,22). The van der Waals surface area contributed by atoms with Gasteiger partial charge < -0.3 is 14.8 Å². The van der Waals surface area contributed by atoms with Crippen LogP contribution in [0.15, 0.2) is 48.5 Å². The first kappa shape index (κ1) is 20.7. The van der Waals surface area contributed by atoms with Crippen LogP contribution in [0.3, 0.4) is 0 Å². The van der Waals surface area contributed by atoms with E-state index in [4.69, 9.17) is 9.47 Å². The van der Waals surface area contributed by atoms with Gasteiger partial charge in [0.15, 0.2) is 6.61 Å². The Morgan fingerprint density at radius 2 is 1.56 bits per heavy atom. The van der Waals surface area contributed by atoms with Crippen molar-refractivity contribution < 1.29 is 22.7 Å². The summed E-state index contributed by atoms with van der Waals surface area (Å²) >= 11 is 0. The van der Waals surface area contributed by atoms with Gasteiger partial charge in [-0.15, -0.1) is 0 Å². The zero-order valence-corrected chi connectivity index (χ0v) is 16.5. The van der Waals surface area contributed by atoms with Crippen LogP contribution in [0, 0.1) is 0 Å². The summed E-state index contributed by atoms with van der Waals surface area (Å²) in [5.74, 6) is 1.08. The Morgan fingerprint density at radius 3 is 2.11 bits per heavy atom. The third-order valence-corrected chi connectivity index (χ3v) is 5.17. The topological polar surface area (TPSA) is 84.9 Å². The minimum Gasteiger partial charge on any atom is -0.497 e. The Morgan fingerprint density at radius 1 is 1.00 bits per heavy atom. The summed E-state index contributed by atoms with van der Waals surface area (Å²) in [4.78, 5) is 11.9. The van der Waals surface area contributed by atoms with E-state index in [0.29, 0.717) is 12.3 Å². The van der Waals surface area contributed by atoms with Gasteiger partial charge in [-0.2, -0.15) is 0 Å². The van der Waals surface area contributed by atoms with Gasteiger partial charge in [0, 0.05) is 20.1 Å². The molecule has 27 heavy (non-hydrogen) atoms. The van der Waals surface area contributed by atoms with Crippen molar-refractivity contribution in [3.63, 3.8) is 0 Å². The number of nitrogens with zero attached hydrogens (tertiary/aromatic N) is 1. The van der Waals surface area contributed by atoms with Crippen LogP contribution in [0.25, 0.3) is 0 Å². The van der Waals surface area contributed by atoms with Gasteiger partial charge in [0.2, 0.25) is 10.0 Å². The number of rotatable bonds is 9. The zero-order valence-electron chi connectivity index (χ0n) is 15.6. The number of nitrogens with one attached hydrogen (secondary N) is 1. The Hall–Kier alpha value is -2.58. The number of carbonyl (C=O) groups excluding carboxylic acids is 1. The highest BCUT2D eigenvalue weighted by Gasteiger charge is 2.11. The molecule has 0 aliphatic carbocycles. The van der Waals surface area contributed by atoms with Crippen molar-refractivity contribution in [2.45, 2.75) is 13.1 Å². The largest absolute Gasteiger partial charge is 0.497 e. The normalized spacial score (nSPS) is 11.3. The second kappa shape index (κ2) is 9.38. The number of benzene rings is 2. The van der Waals surface area contributed by atoms with Crippen molar-refractivity contribution >= 4 is 15.9 Å². The molecular formula is C19H24N2O5S. The van der Waals surface area contributed by atoms with E-state index in [-0.39, 0.29) is 19.1 Å². The molecule has 1 amide bonds. The van der Waals surface area contributed by atoms with Crippen molar-refractivity contribution in [1.82, 2.24) is 9.62 Å². The molecule has 8 heteroatoms. The van der Waals surface area contributed by atoms with Crippen LogP contribution in [0.4, 0.5) is 0 Å². The molecule has 0 aromatic heterocycles. The molecule has 0 radical (unpaired) electrons. The second-order valence-electron chi connectivity index (χ2n) is 6.08. The third-order valence-electron chi connectivity index (χ3n) is 3.91. The fourth-order valence-electron chi connectivity index (χ4n) is 2.21. The number of sulfonamides is 1. The average Bonchev–Trinajstić information content (AvgIpc) is 2.65. The van der Waals surface area contributed by atoms with Crippen LogP contribution in [0.1, 0.15) is 11.1 Å². The van der Waals surface area contributed by atoms with Gasteiger partial charge in [-0.05, 0) is 35.4 Å². The number of hydrogen-bond acceptors (Lipinski definition) is 5. The molecular weight excluding hydrogens is 368 g/mol. The number of amides is 1. The highest BCUT2D eigenvalue weighted by atomic mass is 32.2. The first-order valence-electron chi connectivity index (χ1n) is 8.30. The Kier molecular flexibility index (Phi) is 7.20. The molecule has 0 saturated heterocycles. The first-order chi connectivity index (χ1) is 12.8. The van der Waals surface area contributed by atoms with Gasteiger partial charge >= 0.3 is 0 Å². The van der Waals surface area contributed by atoms with E-state index in [1.54, 1.807) is 31.4 Å². The lowest BCUT2D eigenvalue weighted by Crippen LogP contribution is -2.28. The second-order valence-corrected chi connectivity index (χ2v) is 8.17. The SMILES string of the molecule is COc1ccc(CNC(=O)COc2ccc(CN(C)S(C)(=O)=O)cc2)cc1. The maximum absolute atomic E-state index is 11.9. The highest BCUT2D eigenvalue weighted by Crippen LogP contribution is 2.14. The summed E-state index contributed by atoms with van der Waals surface area (Å²) < 4.78 is 34.7. The van der Waals surface area contributed by atoms with E-state index in [2.05, 4.69) is 5.32 Å². The summed E-state index contributed by atoms with van der Waals surface area (Å²) in [6.45, 7) is 0.586. The van der Waals surface area contributed by atoms with Crippen LogP contribution >= 0.6 is 0 Å². The van der Waals surface area contributed by atoms with E-state index in [9.17, 15) is 13.2 Å². The van der Waals surface area contributed by atoms with Crippen LogP contribution < -0.4 is 14.8 Å². The molecule has 0 aliphatic rings. The van der Waals surface area contributed by atoms with Gasteiger partial charge in [-0.3, -0.25) is 4.79 Å². The molecule has 2 aromatic rings. The van der Waals surface area contributed by atoms with Gasteiger partial charge in [-0.1, -0.05) is 24.3 Å². The van der Waals surface area contributed by atoms with Crippen molar-refractivity contribution in [3.05, 3.63) is 59.7 Å². The lowest BCUT2D eigenvalue weighted by Gasteiger charge is -2.14. The van der Waals surface area contributed by atoms with Crippen LogP contribution in [-0.2, 0) is 27.9 Å². The van der Waals surface area contributed by atoms with Crippen LogP contribution in [-0.4, -0.2) is 45.7 Å². The predicted octanol–water partition coefficient (Wildman–Crippen LogP) is 1.78. The Labute approximate surface area is 160 Å². The molecule has 0 saturated carbocycles. The van der Waals surface area contributed by atoms with Gasteiger partial charge in [0.25, 0.3) is 5.91 Å². The number of ether oxygens (including phenoxy) is 2. The summed E-state index contributed by atoms with van der Waals surface area (Å²) in [5, 5.41) is 2.78. The molecule has 146 valence electrons. The molecule has 0 unspecified atom stereocenters. The fraction of sp³-hybridized carbons (Fsp3) is 0.316. The molecule has 2 rings (SSSR count). The quantitative estimate of drug-likeness (QED) is 0.703. The molecule has 0 heterocycles. The van der Waals surface area contributed by atoms with Gasteiger partial charge in [-0.25, -0.2) is 12.7 Å². The third kappa shape index (κ3) is 6.92. The fourth-order valence-corrected chi connectivity index (χ4v) is 2.59. The Bertz CT molecular complexity index is 849. The van der Waals surface area contributed by atoms with E-state index in [1.165, 1.54) is 11.4 Å². The maximum atomic E-state index is 11.9. The molecule has 0 aliphatic heterocycles. The maximum Gasteiger partial charge on any atom is 0.258 e. The summed E-state index contributed by atoms with van der Waals surface area (Å²) in [7, 11) is -0.101. The minimum atomic E-state index is -3.22.